The summed E-state index contributed by atoms with van der Waals surface area (Å²) in [5.41, 5.74) is -1.10. The second kappa shape index (κ2) is 8.78. The topological polar surface area (TPSA) is 153 Å². The molecule has 12 heteroatoms. The number of anilines is 1. The Kier molecular flexibility index (Phi) is 6.32. The Morgan fingerprint density at radius 1 is 1.00 bits per heavy atom. The second-order valence-corrected chi connectivity index (χ2v) is 9.03. The first-order valence-corrected chi connectivity index (χ1v) is 10.9. The number of nitrogens with one attached hydrogen (secondary N) is 1. The van der Waals surface area contributed by atoms with Crippen LogP contribution in [0.3, 0.4) is 0 Å². The zero-order valence-corrected chi connectivity index (χ0v) is 17.4. The number of carbonyl (C=O) groups is 1. The van der Waals surface area contributed by atoms with Gasteiger partial charge in [0.15, 0.2) is 0 Å². The van der Waals surface area contributed by atoms with Crippen LogP contribution in [0.2, 0.25) is 0 Å². The molecule has 0 unspecified atom stereocenters. The lowest BCUT2D eigenvalue weighted by atomic mass is 10.0. The molecule has 31 heavy (non-hydrogen) atoms. The molecule has 2 aromatic carbocycles. The summed E-state index contributed by atoms with van der Waals surface area (Å²) in [5.74, 6) is -0.782. The van der Waals surface area contributed by atoms with Crippen molar-refractivity contribution in [2.75, 3.05) is 18.4 Å². The highest BCUT2D eigenvalue weighted by Gasteiger charge is 2.27. The van der Waals surface area contributed by atoms with Crippen molar-refractivity contribution in [3.05, 3.63) is 67.8 Å². The number of nitrogens with zero attached hydrogens (tertiary/aromatic N) is 3. The number of hydrogen-bond acceptors (Lipinski definition) is 7. The molecular weight excluding hydrogens is 428 g/mol. The minimum absolute atomic E-state index is 0.0163. The van der Waals surface area contributed by atoms with Gasteiger partial charge in [0.05, 0.1) is 26.4 Å². The Balaban J connectivity index is 1.84. The average molecular weight is 448 g/mol. The van der Waals surface area contributed by atoms with E-state index >= 15 is 0 Å². The van der Waals surface area contributed by atoms with Crippen LogP contribution in [0.15, 0.2) is 41.3 Å². The Hall–Kier alpha value is -3.38. The van der Waals surface area contributed by atoms with E-state index in [1.54, 1.807) is 0 Å². The molecule has 1 fully saturated rings. The van der Waals surface area contributed by atoms with Crippen LogP contribution in [0.25, 0.3) is 0 Å². The van der Waals surface area contributed by atoms with Gasteiger partial charge in [0, 0.05) is 30.4 Å². The Bertz CT molecular complexity index is 1140. The molecule has 2 aromatic rings. The van der Waals surface area contributed by atoms with Crippen LogP contribution < -0.4 is 5.32 Å². The van der Waals surface area contributed by atoms with Crippen molar-refractivity contribution in [3.8, 4) is 0 Å². The molecule has 1 aliphatic rings. The summed E-state index contributed by atoms with van der Waals surface area (Å²) in [6.07, 6.45) is 2.61. The van der Waals surface area contributed by atoms with Crippen LogP contribution in [0.5, 0.6) is 0 Å². The van der Waals surface area contributed by atoms with Gasteiger partial charge >= 0.3 is 0 Å². The van der Waals surface area contributed by atoms with Crippen molar-refractivity contribution in [1.82, 2.24) is 4.31 Å². The molecule has 0 spiro atoms. The van der Waals surface area contributed by atoms with Crippen molar-refractivity contribution in [2.24, 2.45) is 0 Å². The van der Waals surface area contributed by atoms with E-state index in [0.717, 1.165) is 31.4 Å². The summed E-state index contributed by atoms with van der Waals surface area (Å²) in [6.45, 7) is 2.25. The molecule has 0 aliphatic carbocycles. The standard InChI is InChI=1S/C19H20N4O7S/c1-13-17(11-15(22(25)26)12-18(13)23(27)28)19(24)20-14-5-7-16(8-6-14)31(29,30)21-9-3-2-4-10-21/h5-8,11-12H,2-4,9-10H2,1H3,(H,20,24). The van der Waals surface area contributed by atoms with E-state index < -0.39 is 37.2 Å². The molecule has 0 saturated carbocycles. The number of amides is 1. The molecule has 0 bridgehead atoms. The summed E-state index contributed by atoms with van der Waals surface area (Å²) in [6, 6.07) is 7.29. The number of sulfonamides is 1. The maximum absolute atomic E-state index is 12.7. The van der Waals surface area contributed by atoms with Crippen LogP contribution in [-0.4, -0.2) is 41.6 Å². The van der Waals surface area contributed by atoms with Gasteiger partial charge in [0.25, 0.3) is 17.3 Å². The molecule has 164 valence electrons. The highest BCUT2D eigenvalue weighted by Crippen LogP contribution is 2.29. The first kappa shape index (κ1) is 22.3. The monoisotopic (exact) mass is 448 g/mol. The fraction of sp³-hybridized carbons (Fsp3) is 0.316. The van der Waals surface area contributed by atoms with Crippen molar-refractivity contribution < 1.29 is 23.1 Å². The summed E-state index contributed by atoms with van der Waals surface area (Å²) < 4.78 is 26.8. The van der Waals surface area contributed by atoms with Gasteiger partial charge < -0.3 is 5.32 Å². The third-order valence-corrected chi connectivity index (χ3v) is 7.00. The first-order valence-electron chi connectivity index (χ1n) is 9.46. The SMILES string of the molecule is Cc1c(C(=O)Nc2ccc(S(=O)(=O)N3CCCCC3)cc2)cc([N+](=O)[O-])cc1[N+](=O)[O-]. The summed E-state index contributed by atoms with van der Waals surface area (Å²) in [5, 5.41) is 24.8. The molecular formula is C19H20N4O7S. The molecule has 0 atom stereocenters. The van der Waals surface area contributed by atoms with E-state index in [9.17, 15) is 33.4 Å². The lowest BCUT2D eigenvalue weighted by Crippen LogP contribution is -2.35. The minimum Gasteiger partial charge on any atom is -0.322 e. The summed E-state index contributed by atoms with van der Waals surface area (Å²) in [4.78, 5) is 33.4. The normalized spacial score (nSPS) is 14.7. The van der Waals surface area contributed by atoms with E-state index in [1.165, 1.54) is 35.5 Å². The maximum Gasteiger partial charge on any atom is 0.279 e. The van der Waals surface area contributed by atoms with Crippen LogP contribution in [-0.2, 0) is 10.0 Å². The first-order chi connectivity index (χ1) is 14.6. The molecule has 0 aromatic heterocycles. The maximum atomic E-state index is 12.7. The third kappa shape index (κ3) is 4.70. The molecule has 1 aliphatic heterocycles. The van der Waals surface area contributed by atoms with Gasteiger partial charge in [-0.15, -0.1) is 0 Å². The molecule has 1 heterocycles. The number of hydrogen-bond donors (Lipinski definition) is 1. The number of rotatable bonds is 6. The average Bonchev–Trinajstić information content (AvgIpc) is 2.74. The third-order valence-electron chi connectivity index (χ3n) is 5.08. The van der Waals surface area contributed by atoms with Crippen molar-refractivity contribution >= 4 is 33.0 Å². The van der Waals surface area contributed by atoms with E-state index in [4.69, 9.17) is 0 Å². The smallest absolute Gasteiger partial charge is 0.279 e. The van der Waals surface area contributed by atoms with E-state index in [0.29, 0.717) is 13.1 Å². The number of benzene rings is 2. The van der Waals surface area contributed by atoms with Gasteiger partial charge in [-0.2, -0.15) is 4.31 Å². The lowest BCUT2D eigenvalue weighted by Gasteiger charge is -2.25. The van der Waals surface area contributed by atoms with Gasteiger partial charge in [-0.25, -0.2) is 8.42 Å². The van der Waals surface area contributed by atoms with E-state index in [-0.39, 0.29) is 21.7 Å². The zero-order chi connectivity index (χ0) is 22.8. The van der Waals surface area contributed by atoms with Crippen LogP contribution in [0, 0.1) is 27.2 Å². The molecule has 1 amide bonds. The van der Waals surface area contributed by atoms with Gasteiger partial charge in [-0.3, -0.25) is 25.0 Å². The Labute approximate surface area is 178 Å². The van der Waals surface area contributed by atoms with E-state index in [1.807, 2.05) is 0 Å². The Morgan fingerprint density at radius 3 is 2.16 bits per heavy atom. The number of piperidine rings is 1. The second-order valence-electron chi connectivity index (χ2n) is 7.09. The number of carbonyl (C=O) groups excluding carboxylic acids is 1. The predicted molar refractivity (Wildman–Crippen MR) is 111 cm³/mol. The largest absolute Gasteiger partial charge is 0.322 e. The molecule has 1 saturated heterocycles. The van der Waals surface area contributed by atoms with Gasteiger partial charge in [0.2, 0.25) is 10.0 Å². The van der Waals surface area contributed by atoms with Crippen LogP contribution in [0.4, 0.5) is 17.1 Å². The van der Waals surface area contributed by atoms with Crippen molar-refractivity contribution in [1.29, 1.82) is 0 Å². The fourth-order valence-electron chi connectivity index (χ4n) is 3.38. The van der Waals surface area contributed by atoms with Crippen LogP contribution in [0.1, 0.15) is 35.2 Å². The van der Waals surface area contributed by atoms with Gasteiger partial charge in [0.1, 0.15) is 0 Å². The number of non-ortho nitro benzene ring substituents is 1. The van der Waals surface area contributed by atoms with Crippen molar-refractivity contribution in [2.45, 2.75) is 31.1 Å². The van der Waals surface area contributed by atoms with Crippen molar-refractivity contribution in [3.63, 3.8) is 0 Å². The molecule has 3 rings (SSSR count). The number of nitro groups is 2. The van der Waals surface area contributed by atoms with Gasteiger partial charge in [-0.1, -0.05) is 6.42 Å². The van der Waals surface area contributed by atoms with E-state index in [2.05, 4.69) is 5.32 Å². The summed E-state index contributed by atoms with van der Waals surface area (Å²) in [7, 11) is -3.63. The molecule has 0 radical (unpaired) electrons. The lowest BCUT2D eigenvalue weighted by molar-refractivity contribution is -0.394. The van der Waals surface area contributed by atoms with Crippen LogP contribution >= 0.6 is 0 Å². The molecule has 11 nitrogen and oxygen atoms in total. The Morgan fingerprint density at radius 2 is 1.61 bits per heavy atom. The predicted octanol–water partition coefficient (Wildman–Crippen LogP) is 3.24. The highest BCUT2D eigenvalue weighted by molar-refractivity contribution is 7.89. The molecule has 1 N–H and O–H groups in total. The number of nitro benzene ring substituents is 2. The highest BCUT2D eigenvalue weighted by atomic mass is 32.2. The quantitative estimate of drug-likeness (QED) is 0.526. The fourth-order valence-corrected chi connectivity index (χ4v) is 4.90. The minimum atomic E-state index is -3.63. The summed E-state index contributed by atoms with van der Waals surface area (Å²) >= 11 is 0. The van der Waals surface area contributed by atoms with Gasteiger partial charge in [-0.05, 0) is 44.0 Å². The zero-order valence-electron chi connectivity index (χ0n) is 16.6.